The van der Waals surface area contributed by atoms with Crippen LogP contribution in [-0.2, 0) is 25.7 Å². The number of ether oxygens (including phenoxy) is 1. The molecule has 2 aliphatic heterocycles. The summed E-state index contributed by atoms with van der Waals surface area (Å²) in [5, 5.41) is 11.8. The fraction of sp³-hybridized carbons (Fsp3) is 0.629. The van der Waals surface area contributed by atoms with Crippen LogP contribution >= 0.6 is 0 Å². The molecule has 2 saturated heterocycles. The highest BCUT2D eigenvalue weighted by Crippen LogP contribution is 2.33. The van der Waals surface area contributed by atoms with Crippen molar-refractivity contribution in [1.82, 2.24) is 26.0 Å². The van der Waals surface area contributed by atoms with E-state index in [-0.39, 0.29) is 36.1 Å². The van der Waals surface area contributed by atoms with Gasteiger partial charge in [-0.1, -0.05) is 81.6 Å². The molecular weight excluding hydrogens is 586 g/mol. The van der Waals surface area contributed by atoms with Gasteiger partial charge in [-0.25, -0.2) is 0 Å². The van der Waals surface area contributed by atoms with E-state index in [1.165, 1.54) is 24.8 Å². The summed E-state index contributed by atoms with van der Waals surface area (Å²) < 4.78 is 10.3. The molecule has 0 radical (unpaired) electrons. The molecule has 3 heterocycles. The van der Waals surface area contributed by atoms with Crippen LogP contribution in [0.4, 0.5) is 0 Å². The van der Waals surface area contributed by atoms with Gasteiger partial charge in [0.1, 0.15) is 5.60 Å². The molecule has 11 nitrogen and oxygen atoms in total. The van der Waals surface area contributed by atoms with E-state index in [0.29, 0.717) is 25.1 Å². The number of ketones is 1. The summed E-state index contributed by atoms with van der Waals surface area (Å²) in [5.41, 5.74) is 0.978. The van der Waals surface area contributed by atoms with Crippen molar-refractivity contribution < 1.29 is 28.4 Å². The lowest BCUT2D eigenvalue weighted by Gasteiger charge is -2.29. The van der Waals surface area contributed by atoms with Crippen LogP contribution in [-0.4, -0.2) is 78.0 Å². The van der Waals surface area contributed by atoms with Crippen LogP contribution in [0.1, 0.15) is 95.5 Å². The van der Waals surface area contributed by atoms with Crippen molar-refractivity contribution in [3.05, 3.63) is 53.4 Å². The Morgan fingerprint density at radius 2 is 1.74 bits per heavy atom. The van der Waals surface area contributed by atoms with Crippen LogP contribution in [0, 0.1) is 18.8 Å². The molecule has 11 heteroatoms. The van der Waals surface area contributed by atoms with Gasteiger partial charge in [0.15, 0.2) is 17.2 Å². The maximum atomic E-state index is 12.1. The molecule has 3 amide bonds. The zero-order chi connectivity index (χ0) is 34.1. The third kappa shape index (κ3) is 14.7. The van der Waals surface area contributed by atoms with E-state index in [1.807, 2.05) is 45.9 Å². The van der Waals surface area contributed by atoms with Crippen LogP contribution in [0.3, 0.4) is 0 Å². The highest BCUT2D eigenvalue weighted by Gasteiger charge is 2.50. The third-order valence-corrected chi connectivity index (χ3v) is 7.62. The fourth-order valence-electron chi connectivity index (χ4n) is 4.70. The minimum absolute atomic E-state index is 0.101. The molecule has 2 aromatic rings. The predicted molar refractivity (Wildman–Crippen MR) is 178 cm³/mol. The Labute approximate surface area is 274 Å². The van der Waals surface area contributed by atoms with E-state index in [2.05, 4.69) is 52.0 Å². The smallest absolute Gasteiger partial charge is 0.273 e. The predicted octanol–water partition coefficient (Wildman–Crippen LogP) is 4.44. The lowest BCUT2D eigenvalue weighted by molar-refractivity contribution is -0.130. The van der Waals surface area contributed by atoms with E-state index in [1.54, 1.807) is 13.0 Å². The molecular formula is C35H55N5O6. The summed E-state index contributed by atoms with van der Waals surface area (Å²) in [6.07, 6.45) is 5.95. The average molecular weight is 642 g/mol. The van der Waals surface area contributed by atoms with Crippen molar-refractivity contribution in [2.75, 3.05) is 26.2 Å². The number of benzene rings is 1. The molecule has 1 saturated carbocycles. The second-order valence-electron chi connectivity index (χ2n) is 12.6. The summed E-state index contributed by atoms with van der Waals surface area (Å²) in [4.78, 5) is 48.0. The number of epoxide rings is 1. The van der Waals surface area contributed by atoms with Gasteiger partial charge in [0.05, 0.1) is 25.7 Å². The van der Waals surface area contributed by atoms with Gasteiger partial charge in [0, 0.05) is 12.1 Å². The molecule has 256 valence electrons. The van der Waals surface area contributed by atoms with Gasteiger partial charge in [0.25, 0.3) is 5.91 Å². The van der Waals surface area contributed by atoms with E-state index < -0.39 is 11.6 Å². The quantitative estimate of drug-likeness (QED) is 0.203. The minimum atomic E-state index is -0.745. The first-order valence-corrected chi connectivity index (χ1v) is 16.6. The van der Waals surface area contributed by atoms with E-state index in [0.717, 1.165) is 37.7 Å². The van der Waals surface area contributed by atoms with Gasteiger partial charge in [-0.15, -0.1) is 0 Å². The second-order valence-corrected chi connectivity index (χ2v) is 12.6. The number of carbonyl (C=O) groups is 4. The Bertz CT molecular complexity index is 1210. The topological polar surface area (TPSA) is 146 Å². The molecule has 5 rings (SSSR count). The Balaban J connectivity index is 0.000000254. The summed E-state index contributed by atoms with van der Waals surface area (Å²) in [6, 6.07) is 11.7. The molecule has 0 spiro atoms. The van der Waals surface area contributed by atoms with E-state index >= 15 is 0 Å². The van der Waals surface area contributed by atoms with Gasteiger partial charge < -0.3 is 25.2 Å². The van der Waals surface area contributed by atoms with Crippen LogP contribution in [0.5, 0.6) is 0 Å². The molecule has 1 aromatic heterocycles. The lowest BCUT2D eigenvalue weighted by Crippen LogP contribution is -2.48. The highest BCUT2D eigenvalue weighted by molar-refractivity contribution is 5.96. The van der Waals surface area contributed by atoms with Crippen molar-refractivity contribution >= 4 is 24.0 Å². The Morgan fingerprint density at radius 3 is 2.22 bits per heavy atom. The maximum absolute atomic E-state index is 12.1. The van der Waals surface area contributed by atoms with Crippen molar-refractivity contribution in [2.24, 2.45) is 11.8 Å². The standard InChI is InChI=1S/C14H21N3O2.C12H20N2O4.C7H8.C2H6/c1-10(7-11-3-4-11)15-14(18)13-8-12(19-16-13)9-17-5-2-6-17;1-8(2)4-9(11(17)12(3)6-18-12)14-10(16)5-13-7-15;1-7-5-3-2-4-6-7;1-2/h8,10-11H,2-7,9H2,1H3,(H,15,18);7-9H,4-6H2,1-3H3,(H,13,15)(H,14,16);2-6H,1H3;1-2H3/t10-;9-,12+;;/m10../s1. The molecule has 3 N–H and O–H groups in total. The van der Waals surface area contributed by atoms with Crippen LogP contribution in [0.25, 0.3) is 0 Å². The lowest BCUT2D eigenvalue weighted by atomic mass is 9.93. The number of hydrogen-bond donors (Lipinski definition) is 3. The second kappa shape index (κ2) is 19.8. The number of Topliss-reactive ketones (excluding diaryl/α,β-unsaturated/α-hetero) is 1. The first kappa shape index (κ1) is 38.6. The number of amides is 3. The van der Waals surface area contributed by atoms with Gasteiger partial charge in [-0.3, -0.25) is 24.1 Å². The van der Waals surface area contributed by atoms with Crippen molar-refractivity contribution in [1.29, 1.82) is 0 Å². The first-order chi connectivity index (χ1) is 22.0. The number of aryl methyl sites for hydroxylation is 1. The van der Waals surface area contributed by atoms with Gasteiger partial charge in [0.2, 0.25) is 12.3 Å². The number of nitrogens with zero attached hydrogens (tertiary/aromatic N) is 2. The van der Waals surface area contributed by atoms with Crippen molar-refractivity contribution in [3.8, 4) is 0 Å². The molecule has 1 aromatic carbocycles. The summed E-state index contributed by atoms with van der Waals surface area (Å²) >= 11 is 0. The summed E-state index contributed by atoms with van der Waals surface area (Å²) in [5.74, 6) is 1.28. The highest BCUT2D eigenvalue weighted by atomic mass is 16.6. The van der Waals surface area contributed by atoms with Crippen LogP contribution in [0.2, 0.25) is 0 Å². The van der Waals surface area contributed by atoms with Crippen LogP contribution in [0.15, 0.2) is 40.9 Å². The molecule has 46 heavy (non-hydrogen) atoms. The fourth-order valence-corrected chi connectivity index (χ4v) is 4.70. The van der Waals surface area contributed by atoms with E-state index in [4.69, 9.17) is 9.26 Å². The van der Waals surface area contributed by atoms with Crippen LogP contribution < -0.4 is 16.0 Å². The van der Waals surface area contributed by atoms with Gasteiger partial charge in [-0.2, -0.15) is 0 Å². The Kier molecular flexibility index (Phi) is 16.7. The Hall–Kier alpha value is -3.57. The van der Waals surface area contributed by atoms with Crippen molar-refractivity contribution in [2.45, 2.75) is 105 Å². The molecule has 3 aliphatic rings. The molecule has 3 atom stereocenters. The maximum Gasteiger partial charge on any atom is 0.273 e. The SMILES string of the molecule is CC.CC(C)C[C@H](NC(=O)CNC=O)C(=O)[C@@]1(C)CO1.C[C@H](CC1CC1)NC(=O)c1cc(CN2CCC2)on1.Cc1ccccc1. The average Bonchev–Trinajstić information content (AvgIpc) is 3.93. The zero-order valence-corrected chi connectivity index (χ0v) is 28.8. The number of hydrogen-bond acceptors (Lipinski definition) is 8. The molecule has 0 unspecified atom stereocenters. The normalized spacial score (nSPS) is 19.2. The number of likely N-dealkylation sites (tertiary alicyclic amines) is 1. The number of carbonyl (C=O) groups excluding carboxylic acids is 4. The van der Waals surface area contributed by atoms with Crippen molar-refractivity contribution in [3.63, 3.8) is 0 Å². The number of aromatic nitrogens is 1. The molecule has 0 bridgehead atoms. The monoisotopic (exact) mass is 641 g/mol. The largest absolute Gasteiger partial charge is 0.361 e. The minimum Gasteiger partial charge on any atom is -0.361 e. The number of rotatable bonds is 14. The third-order valence-electron chi connectivity index (χ3n) is 7.62. The molecule has 1 aliphatic carbocycles. The summed E-state index contributed by atoms with van der Waals surface area (Å²) in [6.45, 7) is 17.1. The summed E-state index contributed by atoms with van der Waals surface area (Å²) in [7, 11) is 0. The van der Waals surface area contributed by atoms with Gasteiger partial charge in [-0.05, 0) is 65.0 Å². The first-order valence-electron chi connectivity index (χ1n) is 16.6. The zero-order valence-electron chi connectivity index (χ0n) is 28.8. The van der Waals surface area contributed by atoms with E-state index in [9.17, 15) is 19.2 Å². The molecule has 3 fully saturated rings. The number of nitrogens with one attached hydrogen (secondary N) is 3. The Morgan fingerprint density at radius 1 is 1.09 bits per heavy atom. The van der Waals surface area contributed by atoms with Gasteiger partial charge >= 0.3 is 0 Å².